The van der Waals surface area contributed by atoms with Gasteiger partial charge in [-0.1, -0.05) is 0 Å². The van der Waals surface area contributed by atoms with Gasteiger partial charge in [0.15, 0.2) is 0 Å². The van der Waals surface area contributed by atoms with E-state index in [1.807, 2.05) is 19.1 Å². The zero-order chi connectivity index (χ0) is 11.3. The van der Waals surface area contributed by atoms with Gasteiger partial charge in [0.1, 0.15) is 0 Å². The average molecular weight is 227 g/mol. The first-order valence-electron chi connectivity index (χ1n) is 4.62. The van der Waals surface area contributed by atoms with Crippen LogP contribution in [0.25, 0.3) is 0 Å². The summed E-state index contributed by atoms with van der Waals surface area (Å²) in [6.45, 7) is 2.48. The van der Waals surface area contributed by atoms with Crippen LogP contribution in [0.5, 0.6) is 0 Å². The molecule has 4 nitrogen and oxygen atoms in total. The molecule has 0 unspecified atom stereocenters. The van der Waals surface area contributed by atoms with E-state index in [4.69, 9.17) is 5.11 Å². The summed E-state index contributed by atoms with van der Waals surface area (Å²) in [5, 5.41) is 11.0. The van der Waals surface area contributed by atoms with Crippen LogP contribution in [0.1, 0.15) is 22.6 Å². The third-order valence-corrected chi connectivity index (χ3v) is 2.82. The Hall–Kier alpha value is -1.36. The lowest BCUT2D eigenvalue weighted by atomic mass is 10.3. The van der Waals surface area contributed by atoms with E-state index in [-0.39, 0.29) is 18.7 Å². The molecule has 1 aromatic rings. The Morgan fingerprint density at radius 1 is 1.40 bits per heavy atom. The van der Waals surface area contributed by atoms with Crippen molar-refractivity contribution in [2.24, 2.45) is 0 Å². The maximum absolute atomic E-state index is 11.2. The molecule has 0 saturated heterocycles. The first-order chi connectivity index (χ1) is 7.08. The van der Waals surface area contributed by atoms with Gasteiger partial charge in [-0.25, -0.2) is 0 Å². The van der Waals surface area contributed by atoms with E-state index < -0.39 is 5.97 Å². The van der Waals surface area contributed by atoms with Crippen LogP contribution in [0, 0.1) is 6.92 Å². The maximum Gasteiger partial charge on any atom is 0.303 e. The molecule has 0 aliphatic carbocycles. The van der Waals surface area contributed by atoms with Crippen LogP contribution in [0.15, 0.2) is 12.1 Å². The van der Waals surface area contributed by atoms with Crippen molar-refractivity contribution in [3.63, 3.8) is 0 Å². The summed E-state index contributed by atoms with van der Waals surface area (Å²) in [5.41, 5.74) is 0. The highest BCUT2D eigenvalue weighted by molar-refractivity contribution is 7.11. The molecule has 15 heavy (non-hydrogen) atoms. The summed E-state index contributed by atoms with van der Waals surface area (Å²) < 4.78 is 0. The lowest BCUT2D eigenvalue weighted by Gasteiger charge is -2.01. The largest absolute Gasteiger partial charge is 0.481 e. The topological polar surface area (TPSA) is 66.4 Å². The van der Waals surface area contributed by atoms with Gasteiger partial charge in [-0.05, 0) is 19.1 Å². The number of hydrogen-bond acceptors (Lipinski definition) is 3. The second-order valence-electron chi connectivity index (χ2n) is 3.18. The summed E-state index contributed by atoms with van der Waals surface area (Å²) in [5.74, 6) is -1.17. The van der Waals surface area contributed by atoms with Crippen LogP contribution >= 0.6 is 11.3 Å². The summed E-state index contributed by atoms with van der Waals surface area (Å²) in [6.07, 6.45) is -0.0744. The number of aryl methyl sites for hydroxylation is 1. The molecule has 0 spiro atoms. The third kappa shape index (κ3) is 4.60. The van der Waals surface area contributed by atoms with E-state index in [1.165, 1.54) is 4.88 Å². The molecule has 1 amide bonds. The normalized spacial score (nSPS) is 9.93. The zero-order valence-corrected chi connectivity index (χ0v) is 9.26. The van der Waals surface area contributed by atoms with Gasteiger partial charge in [0.25, 0.3) is 0 Å². The van der Waals surface area contributed by atoms with E-state index in [1.54, 1.807) is 11.3 Å². The fourth-order valence-corrected chi connectivity index (χ4v) is 1.90. The summed E-state index contributed by atoms with van der Waals surface area (Å²) >= 11 is 1.62. The molecule has 0 aromatic carbocycles. The summed E-state index contributed by atoms with van der Waals surface area (Å²) in [6, 6.07) is 3.95. The first kappa shape index (κ1) is 11.7. The lowest BCUT2D eigenvalue weighted by molar-refractivity contribution is -0.138. The maximum atomic E-state index is 11.2. The molecule has 0 aliphatic rings. The number of rotatable bonds is 5. The van der Waals surface area contributed by atoms with E-state index >= 15 is 0 Å². The van der Waals surface area contributed by atoms with Crippen molar-refractivity contribution >= 4 is 23.2 Å². The van der Waals surface area contributed by atoms with Crippen LogP contribution in [-0.2, 0) is 16.1 Å². The quantitative estimate of drug-likeness (QED) is 0.801. The molecule has 0 fully saturated rings. The SMILES string of the molecule is Cc1ccc(CNC(=O)CCC(=O)O)s1. The van der Waals surface area contributed by atoms with Crippen LogP contribution < -0.4 is 5.32 Å². The number of hydrogen-bond donors (Lipinski definition) is 2. The molecular formula is C10H13NO3S. The molecule has 1 aromatic heterocycles. The minimum Gasteiger partial charge on any atom is -0.481 e. The molecule has 82 valence electrons. The Balaban J connectivity index is 2.25. The van der Waals surface area contributed by atoms with Gasteiger partial charge in [-0.15, -0.1) is 11.3 Å². The second kappa shape index (κ2) is 5.50. The van der Waals surface area contributed by atoms with Crippen molar-refractivity contribution in [3.05, 3.63) is 21.9 Å². The molecule has 0 saturated carbocycles. The van der Waals surface area contributed by atoms with Crippen molar-refractivity contribution in [3.8, 4) is 0 Å². The average Bonchev–Trinajstić information content (AvgIpc) is 2.58. The number of carboxylic acid groups (broad SMARTS) is 1. The molecule has 0 radical (unpaired) electrons. The number of carbonyl (C=O) groups is 2. The molecule has 0 atom stereocenters. The van der Waals surface area contributed by atoms with Crippen molar-refractivity contribution < 1.29 is 14.7 Å². The molecule has 5 heteroatoms. The number of nitrogens with one attached hydrogen (secondary N) is 1. The number of aliphatic carboxylic acids is 1. The fraction of sp³-hybridized carbons (Fsp3) is 0.400. The monoisotopic (exact) mass is 227 g/mol. The smallest absolute Gasteiger partial charge is 0.303 e. The summed E-state index contributed by atoms with van der Waals surface area (Å²) in [7, 11) is 0. The fourth-order valence-electron chi connectivity index (χ4n) is 1.07. The Bertz CT molecular complexity index is 359. The van der Waals surface area contributed by atoms with Gasteiger partial charge in [0.05, 0.1) is 13.0 Å². The Morgan fingerprint density at radius 2 is 2.13 bits per heavy atom. The Morgan fingerprint density at radius 3 is 2.67 bits per heavy atom. The lowest BCUT2D eigenvalue weighted by Crippen LogP contribution is -2.22. The van der Waals surface area contributed by atoms with Crippen LogP contribution in [0.2, 0.25) is 0 Å². The first-order valence-corrected chi connectivity index (χ1v) is 5.43. The molecule has 1 heterocycles. The Kier molecular flexibility index (Phi) is 4.30. The van der Waals surface area contributed by atoms with Gasteiger partial charge < -0.3 is 10.4 Å². The minimum atomic E-state index is -0.947. The van der Waals surface area contributed by atoms with Crippen molar-refractivity contribution in [2.45, 2.75) is 26.3 Å². The van der Waals surface area contributed by atoms with Gasteiger partial charge in [-0.2, -0.15) is 0 Å². The van der Waals surface area contributed by atoms with Crippen molar-refractivity contribution in [2.75, 3.05) is 0 Å². The van der Waals surface area contributed by atoms with Crippen molar-refractivity contribution in [1.82, 2.24) is 5.32 Å². The second-order valence-corrected chi connectivity index (χ2v) is 4.56. The molecule has 0 bridgehead atoms. The Labute approximate surface area is 91.9 Å². The molecular weight excluding hydrogens is 214 g/mol. The van der Waals surface area contributed by atoms with Gasteiger partial charge >= 0.3 is 5.97 Å². The van der Waals surface area contributed by atoms with E-state index in [0.717, 1.165) is 4.88 Å². The van der Waals surface area contributed by atoms with Gasteiger partial charge in [0.2, 0.25) is 5.91 Å². The predicted octanol–water partition coefficient (Wildman–Crippen LogP) is 1.54. The van der Waals surface area contributed by atoms with Crippen molar-refractivity contribution in [1.29, 1.82) is 0 Å². The van der Waals surface area contributed by atoms with Crippen LogP contribution in [0.4, 0.5) is 0 Å². The molecule has 1 rings (SSSR count). The molecule has 2 N–H and O–H groups in total. The molecule has 0 aliphatic heterocycles. The highest BCUT2D eigenvalue weighted by Gasteiger charge is 2.05. The number of carbonyl (C=O) groups excluding carboxylic acids is 1. The van der Waals surface area contributed by atoms with E-state index in [2.05, 4.69) is 5.32 Å². The van der Waals surface area contributed by atoms with E-state index in [0.29, 0.717) is 6.54 Å². The predicted molar refractivity (Wildman–Crippen MR) is 57.8 cm³/mol. The van der Waals surface area contributed by atoms with Crippen LogP contribution in [0.3, 0.4) is 0 Å². The third-order valence-electron chi connectivity index (χ3n) is 1.82. The highest BCUT2D eigenvalue weighted by atomic mass is 32.1. The minimum absolute atomic E-state index is 0.0414. The standard InChI is InChI=1S/C10H13NO3S/c1-7-2-3-8(15-7)6-11-9(12)4-5-10(13)14/h2-3H,4-6H2,1H3,(H,11,12)(H,13,14). The van der Waals surface area contributed by atoms with Gasteiger partial charge in [0, 0.05) is 16.2 Å². The number of thiophene rings is 1. The number of amides is 1. The van der Waals surface area contributed by atoms with E-state index in [9.17, 15) is 9.59 Å². The highest BCUT2D eigenvalue weighted by Crippen LogP contribution is 2.14. The summed E-state index contributed by atoms with van der Waals surface area (Å²) in [4.78, 5) is 23.6. The number of carboxylic acids is 1. The van der Waals surface area contributed by atoms with Crippen LogP contribution in [-0.4, -0.2) is 17.0 Å². The van der Waals surface area contributed by atoms with Gasteiger partial charge in [-0.3, -0.25) is 9.59 Å². The zero-order valence-electron chi connectivity index (χ0n) is 8.45.